The molecule has 2 heterocycles. The third-order valence-electron chi connectivity index (χ3n) is 8.56. The maximum Gasteiger partial charge on any atom is 0.349 e. The number of rotatable bonds is 7. The Labute approximate surface area is 224 Å². The molecule has 1 aromatic rings. The van der Waals surface area contributed by atoms with Crippen molar-refractivity contribution < 1.29 is 53.4 Å². The maximum absolute atomic E-state index is 13.3. The van der Waals surface area contributed by atoms with E-state index in [0.717, 1.165) is 25.0 Å². The average molecular weight is 546 g/mol. The van der Waals surface area contributed by atoms with Gasteiger partial charge in [-0.2, -0.15) is 0 Å². The van der Waals surface area contributed by atoms with Crippen LogP contribution in [0.1, 0.15) is 44.7 Å². The van der Waals surface area contributed by atoms with Crippen molar-refractivity contribution in [2.75, 3.05) is 13.6 Å². The third kappa shape index (κ3) is 3.88. The number of phenols is 1. The van der Waals surface area contributed by atoms with Crippen molar-refractivity contribution in [2.24, 2.45) is 5.92 Å². The Morgan fingerprint density at radius 1 is 1.15 bits per heavy atom. The largest absolute Gasteiger partial charge is 0.504 e. The molecule has 0 aromatic heterocycles. The van der Waals surface area contributed by atoms with Crippen LogP contribution >= 0.6 is 0 Å². The van der Waals surface area contributed by atoms with Gasteiger partial charge in [0.25, 0.3) is 0 Å². The molecule has 12 nitrogen and oxygen atoms in total. The Kier molecular flexibility index (Phi) is 6.38. The molecule has 12 heteroatoms. The molecular formula is C27H31NO11. The van der Waals surface area contributed by atoms with E-state index in [1.807, 2.05) is 13.1 Å². The second-order valence-corrected chi connectivity index (χ2v) is 10.8. The number of ether oxygens (including phenoxy) is 4. The van der Waals surface area contributed by atoms with Crippen LogP contribution < -0.4 is 4.74 Å². The zero-order valence-corrected chi connectivity index (χ0v) is 22.0. The van der Waals surface area contributed by atoms with Gasteiger partial charge in [-0.3, -0.25) is 9.59 Å². The molecule has 210 valence electrons. The number of likely N-dealkylation sites (N-methyl/N-ethyl adjacent to an activating group) is 1. The summed E-state index contributed by atoms with van der Waals surface area (Å²) in [5.74, 6) is -5.54. The molecule has 3 N–H and O–H groups in total. The molecule has 1 saturated heterocycles. The van der Waals surface area contributed by atoms with E-state index in [-0.39, 0.29) is 29.7 Å². The van der Waals surface area contributed by atoms with E-state index >= 15 is 0 Å². The number of hydrogen-bond donors (Lipinski definition) is 3. The van der Waals surface area contributed by atoms with Crippen molar-refractivity contribution >= 4 is 23.9 Å². The number of carbonyl (C=O) groups is 4. The summed E-state index contributed by atoms with van der Waals surface area (Å²) in [7, 11) is 1.95. The minimum Gasteiger partial charge on any atom is -0.504 e. The summed E-state index contributed by atoms with van der Waals surface area (Å²) >= 11 is 0. The van der Waals surface area contributed by atoms with Gasteiger partial charge in [-0.1, -0.05) is 6.07 Å². The highest BCUT2D eigenvalue weighted by Crippen LogP contribution is 2.65. The molecule has 39 heavy (non-hydrogen) atoms. The normalized spacial score (nSPS) is 30.5. The summed E-state index contributed by atoms with van der Waals surface area (Å²) in [5, 5.41) is 31.9. The van der Waals surface area contributed by atoms with Crippen LogP contribution in [0.2, 0.25) is 0 Å². The third-order valence-corrected chi connectivity index (χ3v) is 8.56. The summed E-state index contributed by atoms with van der Waals surface area (Å²) in [4.78, 5) is 50.8. The topological polar surface area (TPSA) is 169 Å². The van der Waals surface area contributed by atoms with E-state index in [9.17, 15) is 29.4 Å². The molecule has 5 rings (SSSR count). The van der Waals surface area contributed by atoms with E-state index in [1.54, 1.807) is 12.1 Å². The van der Waals surface area contributed by atoms with Gasteiger partial charge in [0.05, 0.1) is 11.0 Å². The van der Waals surface area contributed by atoms with Gasteiger partial charge in [0.2, 0.25) is 6.10 Å². The molecule has 1 spiro atoms. The van der Waals surface area contributed by atoms with Crippen LogP contribution in [0.25, 0.3) is 0 Å². The van der Waals surface area contributed by atoms with E-state index in [1.165, 1.54) is 6.92 Å². The molecule has 2 aliphatic carbocycles. The number of aliphatic hydroxyl groups is 1. The average Bonchev–Trinajstić information content (AvgIpc) is 3.23. The molecule has 0 amide bonds. The van der Waals surface area contributed by atoms with Crippen molar-refractivity contribution in [1.82, 2.24) is 4.90 Å². The molecule has 0 unspecified atom stereocenters. The Balaban J connectivity index is 1.46. The standard InChI is InChI=1S/C27H31NO11/c1-12(20(37-14(3)29)25(34)36-13(2)23(31)32)24(33)38-17-7-8-27(35)18-11-15-5-6-16(30)21-19(15)26(27,22(17)39-21)9-10-28(18)4/h5-7,12-13,18,20,22,30,35H,8-11H2,1-4H3,(H,31,32)/t12-,13+,18-,20-,22+,26+,27-/m1/s1. The SMILES string of the molecule is CC(=O)O[C@@H](C(=O)O[C@@H](C)C(=O)O)[C@@H](C)C(=O)OC1=CC[C@@]2(O)[C@H]3Cc4ccc(O)c5c4[C@@]2(CCN3C)[C@H]1O5. The number of carbonyl (C=O) groups excluding carboxylic acids is 3. The molecule has 0 saturated carbocycles. The monoisotopic (exact) mass is 545 g/mol. The number of aliphatic carboxylic acids is 1. The fourth-order valence-corrected chi connectivity index (χ4v) is 6.59. The first-order valence-corrected chi connectivity index (χ1v) is 12.8. The molecule has 2 aliphatic heterocycles. The maximum atomic E-state index is 13.3. The molecule has 2 bridgehead atoms. The number of benzene rings is 1. The van der Waals surface area contributed by atoms with E-state index in [2.05, 4.69) is 4.90 Å². The van der Waals surface area contributed by atoms with E-state index in [4.69, 9.17) is 24.1 Å². The van der Waals surface area contributed by atoms with Crippen LogP contribution in [-0.4, -0.2) is 87.6 Å². The van der Waals surface area contributed by atoms with Gasteiger partial charge in [-0.05, 0) is 58.0 Å². The highest BCUT2D eigenvalue weighted by atomic mass is 16.6. The summed E-state index contributed by atoms with van der Waals surface area (Å²) in [6.07, 6.45) is -1.45. The van der Waals surface area contributed by atoms with Crippen LogP contribution in [0.5, 0.6) is 11.5 Å². The Morgan fingerprint density at radius 2 is 1.87 bits per heavy atom. The molecular weight excluding hydrogens is 514 g/mol. The Morgan fingerprint density at radius 3 is 2.54 bits per heavy atom. The predicted molar refractivity (Wildman–Crippen MR) is 131 cm³/mol. The van der Waals surface area contributed by atoms with Crippen molar-refractivity contribution in [2.45, 2.75) is 75.4 Å². The molecule has 1 aromatic carbocycles. The summed E-state index contributed by atoms with van der Waals surface area (Å²) in [6, 6.07) is 3.15. The fraction of sp³-hybridized carbons (Fsp3) is 0.556. The highest BCUT2D eigenvalue weighted by Gasteiger charge is 2.72. The number of nitrogens with zero attached hydrogens (tertiary/aromatic N) is 1. The van der Waals surface area contributed by atoms with Gasteiger partial charge < -0.3 is 39.2 Å². The number of hydrogen-bond acceptors (Lipinski definition) is 11. The van der Waals surface area contributed by atoms with Gasteiger partial charge in [-0.25, -0.2) is 9.59 Å². The lowest BCUT2D eigenvalue weighted by Crippen LogP contribution is -2.74. The van der Waals surface area contributed by atoms with Gasteiger partial charge in [0.1, 0.15) is 11.7 Å². The molecule has 4 aliphatic rings. The summed E-state index contributed by atoms with van der Waals surface area (Å²) in [6.45, 7) is 4.09. The van der Waals surface area contributed by atoms with Crippen molar-refractivity contribution in [3.63, 3.8) is 0 Å². The first kappa shape index (κ1) is 26.9. The number of piperidine rings is 1. The number of esters is 3. The minimum atomic E-state index is -1.75. The van der Waals surface area contributed by atoms with Crippen molar-refractivity contribution in [1.29, 1.82) is 0 Å². The van der Waals surface area contributed by atoms with E-state index in [0.29, 0.717) is 19.4 Å². The summed E-state index contributed by atoms with van der Waals surface area (Å²) in [5.41, 5.74) is -0.574. The quantitative estimate of drug-likeness (QED) is 0.326. The van der Waals surface area contributed by atoms with Crippen molar-refractivity contribution in [3.05, 3.63) is 35.1 Å². The number of carboxylic acid groups (broad SMARTS) is 1. The Hall–Kier alpha value is -3.64. The van der Waals surface area contributed by atoms with Crippen LogP contribution in [0.4, 0.5) is 0 Å². The number of aromatic hydroxyl groups is 1. The zero-order chi connectivity index (χ0) is 28.4. The molecule has 0 radical (unpaired) electrons. The second-order valence-electron chi connectivity index (χ2n) is 10.8. The van der Waals surface area contributed by atoms with Gasteiger partial charge in [0.15, 0.2) is 23.7 Å². The fourth-order valence-electron chi connectivity index (χ4n) is 6.59. The number of likely N-dealkylation sites (tertiary alicyclic amines) is 1. The smallest absolute Gasteiger partial charge is 0.349 e. The van der Waals surface area contributed by atoms with Gasteiger partial charge in [-0.15, -0.1) is 0 Å². The first-order valence-electron chi connectivity index (χ1n) is 12.8. The van der Waals surface area contributed by atoms with Crippen molar-refractivity contribution in [3.8, 4) is 11.5 Å². The minimum absolute atomic E-state index is 0.0819. The zero-order valence-electron chi connectivity index (χ0n) is 22.0. The van der Waals surface area contributed by atoms with Crippen LogP contribution in [0, 0.1) is 5.92 Å². The van der Waals surface area contributed by atoms with Crippen LogP contribution in [0.3, 0.4) is 0 Å². The van der Waals surface area contributed by atoms with Gasteiger partial charge in [0, 0.05) is 24.9 Å². The second kappa shape index (κ2) is 9.23. The van der Waals surface area contributed by atoms with Crippen LogP contribution in [-0.2, 0) is 45.2 Å². The summed E-state index contributed by atoms with van der Waals surface area (Å²) < 4.78 is 21.8. The lowest BCUT2D eigenvalue weighted by Gasteiger charge is -2.61. The van der Waals surface area contributed by atoms with E-state index < -0.39 is 59.1 Å². The highest BCUT2D eigenvalue weighted by molar-refractivity contribution is 5.87. The molecule has 7 atom stereocenters. The number of carboxylic acids is 1. The predicted octanol–water partition coefficient (Wildman–Crippen LogP) is 0.797. The van der Waals surface area contributed by atoms with Gasteiger partial charge >= 0.3 is 23.9 Å². The number of phenolic OH excluding ortho intramolecular Hbond substituents is 1. The molecule has 1 fully saturated rings. The first-order chi connectivity index (χ1) is 18.3. The Bertz CT molecular complexity index is 1290. The van der Waals surface area contributed by atoms with Crippen LogP contribution in [0.15, 0.2) is 24.0 Å². The lowest BCUT2D eigenvalue weighted by molar-refractivity contribution is -0.183. The lowest BCUT2D eigenvalue weighted by atomic mass is 9.50.